The fourth-order valence-corrected chi connectivity index (χ4v) is 2.76. The minimum atomic E-state index is -0.416. The lowest BCUT2D eigenvalue weighted by Crippen LogP contribution is -2.48. The van der Waals surface area contributed by atoms with E-state index in [1.165, 1.54) is 0 Å². The highest BCUT2D eigenvalue weighted by Gasteiger charge is 2.25. The average molecular weight is 288 g/mol. The number of carbonyl (C=O) groups excluding carboxylic acids is 1. The molecule has 21 heavy (non-hydrogen) atoms. The molecule has 2 N–H and O–H groups in total. The van der Waals surface area contributed by atoms with E-state index in [1.807, 2.05) is 42.6 Å². The zero-order valence-corrected chi connectivity index (χ0v) is 12.3. The van der Waals surface area contributed by atoms with Crippen molar-refractivity contribution in [1.82, 2.24) is 20.0 Å². The highest BCUT2D eigenvalue weighted by molar-refractivity contribution is 5.81. The second-order valence-corrected chi connectivity index (χ2v) is 5.31. The molecule has 1 unspecified atom stereocenters. The first-order valence-electron chi connectivity index (χ1n) is 7.23. The van der Waals surface area contributed by atoms with Gasteiger partial charge in [0.1, 0.15) is 11.8 Å². The molecular formula is C15H20N4O2. The highest BCUT2D eigenvalue weighted by Crippen LogP contribution is 2.19. The molecule has 6 nitrogen and oxygen atoms in total. The predicted molar refractivity (Wildman–Crippen MR) is 79.1 cm³/mol. The second kappa shape index (κ2) is 5.83. The van der Waals surface area contributed by atoms with Crippen molar-refractivity contribution in [2.75, 3.05) is 19.7 Å². The van der Waals surface area contributed by atoms with Crippen molar-refractivity contribution in [3.8, 4) is 0 Å². The highest BCUT2D eigenvalue weighted by atomic mass is 16.5. The lowest BCUT2D eigenvalue weighted by molar-refractivity contribution is -0.134. The molecule has 0 aromatic carbocycles. The van der Waals surface area contributed by atoms with Gasteiger partial charge in [-0.3, -0.25) is 4.79 Å². The van der Waals surface area contributed by atoms with Gasteiger partial charge in [0, 0.05) is 19.3 Å². The number of amides is 1. The quantitative estimate of drug-likeness (QED) is 0.877. The average Bonchev–Trinajstić information content (AvgIpc) is 2.83. The summed E-state index contributed by atoms with van der Waals surface area (Å²) < 4.78 is 7.49. The van der Waals surface area contributed by atoms with E-state index >= 15 is 0 Å². The minimum Gasteiger partial charge on any atom is -0.366 e. The third kappa shape index (κ3) is 2.77. The van der Waals surface area contributed by atoms with E-state index in [4.69, 9.17) is 4.74 Å². The van der Waals surface area contributed by atoms with Crippen LogP contribution in [0.15, 0.2) is 24.4 Å². The van der Waals surface area contributed by atoms with Crippen LogP contribution in [-0.2, 0) is 9.53 Å². The number of imidazole rings is 1. The number of nitrogens with one attached hydrogen (secondary N) is 2. The molecule has 112 valence electrons. The third-order valence-electron chi connectivity index (χ3n) is 3.74. The molecule has 2 aromatic heterocycles. The van der Waals surface area contributed by atoms with E-state index in [2.05, 4.69) is 15.6 Å². The lowest BCUT2D eigenvalue weighted by Gasteiger charge is -2.24. The zero-order chi connectivity index (χ0) is 14.8. The van der Waals surface area contributed by atoms with Crippen molar-refractivity contribution < 1.29 is 9.53 Å². The summed E-state index contributed by atoms with van der Waals surface area (Å²) in [5.74, 6) is -0.0834. The molecule has 1 aliphatic rings. The Hall–Kier alpha value is -1.92. The second-order valence-electron chi connectivity index (χ2n) is 5.31. The molecule has 2 atom stereocenters. The van der Waals surface area contributed by atoms with Crippen LogP contribution in [0, 0.1) is 6.92 Å². The van der Waals surface area contributed by atoms with E-state index in [-0.39, 0.29) is 11.9 Å². The van der Waals surface area contributed by atoms with E-state index < -0.39 is 6.10 Å². The first kappa shape index (κ1) is 14.0. The predicted octanol–water partition coefficient (Wildman–Crippen LogP) is 0.808. The fourth-order valence-electron chi connectivity index (χ4n) is 2.76. The van der Waals surface area contributed by atoms with Gasteiger partial charge in [0.15, 0.2) is 0 Å². The number of ether oxygens (including phenoxy) is 1. The van der Waals surface area contributed by atoms with Crippen LogP contribution in [0.25, 0.3) is 5.65 Å². The van der Waals surface area contributed by atoms with Gasteiger partial charge in [0.25, 0.3) is 5.91 Å². The Balaban J connectivity index is 1.79. The Labute approximate surface area is 123 Å². The largest absolute Gasteiger partial charge is 0.366 e. The van der Waals surface area contributed by atoms with Gasteiger partial charge in [-0.2, -0.15) is 0 Å². The van der Waals surface area contributed by atoms with Gasteiger partial charge >= 0.3 is 0 Å². The molecule has 6 heteroatoms. The molecule has 0 aliphatic carbocycles. The summed E-state index contributed by atoms with van der Waals surface area (Å²) in [6, 6.07) is 5.75. The van der Waals surface area contributed by atoms with Crippen LogP contribution in [0.5, 0.6) is 0 Å². The maximum atomic E-state index is 12.2. The van der Waals surface area contributed by atoms with Gasteiger partial charge in [-0.25, -0.2) is 4.98 Å². The normalized spacial score (nSPS) is 20.4. The first-order chi connectivity index (χ1) is 10.2. The van der Waals surface area contributed by atoms with E-state index in [0.29, 0.717) is 13.2 Å². The van der Waals surface area contributed by atoms with Crippen molar-refractivity contribution in [3.05, 3.63) is 35.8 Å². The molecular weight excluding hydrogens is 268 g/mol. The Kier molecular flexibility index (Phi) is 3.90. The van der Waals surface area contributed by atoms with Gasteiger partial charge in [0.05, 0.1) is 24.0 Å². The van der Waals surface area contributed by atoms with Crippen molar-refractivity contribution >= 4 is 11.6 Å². The van der Waals surface area contributed by atoms with Gasteiger partial charge in [0.2, 0.25) is 0 Å². The summed E-state index contributed by atoms with van der Waals surface area (Å²) in [4.78, 5) is 16.8. The Morgan fingerprint density at radius 2 is 2.43 bits per heavy atom. The molecule has 0 spiro atoms. The number of nitrogens with zero attached hydrogens (tertiary/aromatic N) is 2. The Bertz CT molecular complexity index is 646. The van der Waals surface area contributed by atoms with Gasteiger partial charge in [-0.1, -0.05) is 6.07 Å². The summed E-state index contributed by atoms with van der Waals surface area (Å²) >= 11 is 0. The number of hydrogen-bond donors (Lipinski definition) is 2. The first-order valence-corrected chi connectivity index (χ1v) is 7.23. The van der Waals surface area contributed by atoms with Crippen LogP contribution in [0.3, 0.4) is 0 Å². The number of aromatic nitrogens is 2. The Morgan fingerprint density at radius 1 is 1.57 bits per heavy atom. The number of carbonyl (C=O) groups is 1. The summed E-state index contributed by atoms with van der Waals surface area (Å²) in [6.45, 7) is 5.86. The van der Waals surface area contributed by atoms with Crippen molar-refractivity contribution in [2.45, 2.75) is 26.0 Å². The molecule has 0 radical (unpaired) electrons. The lowest BCUT2D eigenvalue weighted by atomic mass is 10.2. The van der Waals surface area contributed by atoms with Crippen LogP contribution in [-0.4, -0.2) is 41.1 Å². The summed E-state index contributed by atoms with van der Waals surface area (Å²) in [5, 5.41) is 6.18. The number of pyridine rings is 1. The molecule has 3 rings (SSSR count). The topological polar surface area (TPSA) is 67.7 Å². The number of rotatable bonds is 3. The molecule has 0 bridgehead atoms. The molecule has 1 saturated heterocycles. The van der Waals surface area contributed by atoms with Gasteiger partial charge < -0.3 is 19.8 Å². The summed E-state index contributed by atoms with van der Waals surface area (Å²) in [7, 11) is 0. The van der Waals surface area contributed by atoms with E-state index in [9.17, 15) is 4.79 Å². The summed E-state index contributed by atoms with van der Waals surface area (Å²) in [5.41, 5.74) is 2.82. The van der Waals surface area contributed by atoms with Crippen LogP contribution in [0.2, 0.25) is 0 Å². The minimum absolute atomic E-state index is 0.0834. The van der Waals surface area contributed by atoms with Crippen LogP contribution in [0.4, 0.5) is 0 Å². The third-order valence-corrected chi connectivity index (χ3v) is 3.74. The van der Waals surface area contributed by atoms with Crippen molar-refractivity contribution in [2.24, 2.45) is 0 Å². The van der Waals surface area contributed by atoms with Crippen molar-refractivity contribution in [1.29, 1.82) is 0 Å². The van der Waals surface area contributed by atoms with Gasteiger partial charge in [-0.05, 0) is 26.0 Å². The molecule has 3 heterocycles. The maximum Gasteiger partial charge on any atom is 0.250 e. The van der Waals surface area contributed by atoms with Gasteiger partial charge in [-0.15, -0.1) is 0 Å². The molecule has 0 saturated carbocycles. The standard InChI is InChI=1S/C15H20N4O2/c1-10-14(19-7-4-3-5-13(19)17-10)11(2)18-15(20)12-9-16-6-8-21-12/h3-5,7,11-12,16H,6,8-9H2,1-2H3,(H,18,20)/t11?,12-/m0/s1. The summed E-state index contributed by atoms with van der Waals surface area (Å²) in [6.07, 6.45) is 1.55. The maximum absolute atomic E-state index is 12.2. The molecule has 2 aromatic rings. The molecule has 1 fully saturated rings. The Morgan fingerprint density at radius 3 is 3.19 bits per heavy atom. The van der Waals surface area contributed by atoms with Crippen molar-refractivity contribution in [3.63, 3.8) is 0 Å². The zero-order valence-electron chi connectivity index (χ0n) is 12.3. The number of fused-ring (bicyclic) bond motifs is 1. The van der Waals surface area contributed by atoms with Crippen LogP contribution >= 0.6 is 0 Å². The number of morpholine rings is 1. The number of aryl methyl sites for hydroxylation is 1. The van der Waals surface area contributed by atoms with E-state index in [1.54, 1.807) is 0 Å². The smallest absolute Gasteiger partial charge is 0.250 e. The van der Waals surface area contributed by atoms with E-state index in [0.717, 1.165) is 23.6 Å². The molecule has 1 aliphatic heterocycles. The fraction of sp³-hybridized carbons (Fsp3) is 0.467. The monoisotopic (exact) mass is 288 g/mol. The molecule has 1 amide bonds. The number of hydrogen-bond acceptors (Lipinski definition) is 4. The van der Waals surface area contributed by atoms with Crippen LogP contribution in [0.1, 0.15) is 24.4 Å². The SMILES string of the molecule is Cc1nc2ccccn2c1C(C)NC(=O)[C@@H]1CNCCO1. The van der Waals surface area contributed by atoms with Crippen LogP contribution < -0.4 is 10.6 Å².